The number of amides is 1. The minimum Gasteiger partial charge on any atom is -0.359 e. The zero-order chi connectivity index (χ0) is 10.7. The van der Waals surface area contributed by atoms with Crippen molar-refractivity contribution in [3.8, 4) is 0 Å². The van der Waals surface area contributed by atoms with E-state index >= 15 is 0 Å². The SMILES string of the molecule is C=CCNC(=O)c1c[nH]c2cccnc12. The Hall–Kier alpha value is -2.10. The fraction of sp³-hybridized carbons (Fsp3) is 0.0909. The summed E-state index contributed by atoms with van der Waals surface area (Å²) in [4.78, 5) is 18.8. The zero-order valence-electron chi connectivity index (χ0n) is 8.16. The number of hydrogen-bond donors (Lipinski definition) is 2. The maximum Gasteiger partial charge on any atom is 0.255 e. The van der Waals surface area contributed by atoms with Crippen molar-refractivity contribution in [3.05, 3.63) is 42.7 Å². The average molecular weight is 201 g/mol. The highest BCUT2D eigenvalue weighted by Gasteiger charge is 2.11. The third kappa shape index (κ3) is 1.74. The van der Waals surface area contributed by atoms with Crippen LogP contribution in [0.15, 0.2) is 37.2 Å². The third-order valence-corrected chi connectivity index (χ3v) is 2.09. The monoisotopic (exact) mass is 201 g/mol. The number of nitrogens with one attached hydrogen (secondary N) is 2. The van der Waals surface area contributed by atoms with Gasteiger partial charge in [0.05, 0.1) is 11.1 Å². The standard InChI is InChI=1S/C11H11N3O/c1-2-5-13-11(15)8-7-14-9-4-3-6-12-10(8)9/h2-4,6-7,14H,1,5H2,(H,13,15). The molecule has 0 bridgehead atoms. The van der Waals surface area contributed by atoms with Crippen molar-refractivity contribution >= 4 is 16.9 Å². The van der Waals surface area contributed by atoms with Crippen molar-refractivity contribution < 1.29 is 4.79 Å². The summed E-state index contributed by atoms with van der Waals surface area (Å²) < 4.78 is 0. The van der Waals surface area contributed by atoms with Crippen molar-refractivity contribution in [2.75, 3.05) is 6.54 Å². The van der Waals surface area contributed by atoms with E-state index in [1.54, 1.807) is 18.5 Å². The molecule has 0 unspecified atom stereocenters. The van der Waals surface area contributed by atoms with Crippen molar-refractivity contribution in [1.82, 2.24) is 15.3 Å². The van der Waals surface area contributed by atoms with Crippen molar-refractivity contribution in [2.24, 2.45) is 0 Å². The van der Waals surface area contributed by atoms with E-state index in [1.807, 2.05) is 12.1 Å². The summed E-state index contributed by atoms with van der Waals surface area (Å²) in [7, 11) is 0. The number of rotatable bonds is 3. The molecule has 0 aliphatic carbocycles. The van der Waals surface area contributed by atoms with E-state index in [0.29, 0.717) is 17.6 Å². The summed E-state index contributed by atoms with van der Waals surface area (Å²) in [6.07, 6.45) is 4.97. The van der Waals surface area contributed by atoms with Crippen LogP contribution in [0.2, 0.25) is 0 Å². The summed E-state index contributed by atoms with van der Waals surface area (Å²) in [5, 5.41) is 2.71. The Bertz CT molecular complexity index is 501. The van der Waals surface area contributed by atoms with Gasteiger partial charge < -0.3 is 10.3 Å². The molecule has 2 rings (SSSR count). The Balaban J connectivity index is 2.35. The van der Waals surface area contributed by atoms with Crippen LogP contribution in [0.5, 0.6) is 0 Å². The Morgan fingerprint density at radius 2 is 2.53 bits per heavy atom. The molecule has 2 aromatic heterocycles. The highest BCUT2D eigenvalue weighted by atomic mass is 16.1. The molecule has 4 nitrogen and oxygen atoms in total. The topological polar surface area (TPSA) is 57.8 Å². The summed E-state index contributed by atoms with van der Waals surface area (Å²) in [5.41, 5.74) is 2.12. The number of H-pyrrole nitrogens is 1. The Morgan fingerprint density at radius 1 is 1.67 bits per heavy atom. The van der Waals surface area contributed by atoms with Crippen LogP contribution in [-0.4, -0.2) is 22.4 Å². The molecular weight excluding hydrogens is 190 g/mol. The smallest absolute Gasteiger partial charge is 0.255 e. The molecule has 0 fully saturated rings. The predicted octanol–water partition coefficient (Wildman–Crippen LogP) is 1.48. The van der Waals surface area contributed by atoms with Crippen LogP contribution in [0, 0.1) is 0 Å². The van der Waals surface area contributed by atoms with Gasteiger partial charge in [-0.3, -0.25) is 9.78 Å². The molecule has 0 saturated carbocycles. The van der Waals surface area contributed by atoms with E-state index in [4.69, 9.17) is 0 Å². The van der Waals surface area contributed by atoms with E-state index in [0.717, 1.165) is 5.52 Å². The lowest BCUT2D eigenvalue weighted by molar-refractivity contribution is 0.0959. The van der Waals surface area contributed by atoms with Gasteiger partial charge in [-0.25, -0.2) is 0 Å². The first-order valence-electron chi connectivity index (χ1n) is 4.64. The quantitative estimate of drug-likeness (QED) is 0.739. The number of carbonyl (C=O) groups excluding carboxylic acids is 1. The van der Waals surface area contributed by atoms with E-state index in [2.05, 4.69) is 21.9 Å². The van der Waals surface area contributed by atoms with E-state index in [9.17, 15) is 4.79 Å². The van der Waals surface area contributed by atoms with Crippen LogP contribution in [0.4, 0.5) is 0 Å². The maximum absolute atomic E-state index is 11.7. The largest absolute Gasteiger partial charge is 0.359 e. The van der Waals surface area contributed by atoms with Gasteiger partial charge in [-0.1, -0.05) is 6.08 Å². The molecule has 4 heteroatoms. The number of nitrogens with zero attached hydrogens (tertiary/aromatic N) is 1. The maximum atomic E-state index is 11.7. The molecular formula is C11H11N3O. The summed E-state index contributed by atoms with van der Waals surface area (Å²) in [5.74, 6) is -0.139. The highest BCUT2D eigenvalue weighted by Crippen LogP contribution is 2.14. The van der Waals surface area contributed by atoms with Gasteiger partial charge in [-0.2, -0.15) is 0 Å². The minimum absolute atomic E-state index is 0.139. The van der Waals surface area contributed by atoms with Crippen molar-refractivity contribution in [2.45, 2.75) is 0 Å². The van der Waals surface area contributed by atoms with Gasteiger partial charge >= 0.3 is 0 Å². The number of hydrogen-bond acceptors (Lipinski definition) is 2. The normalized spacial score (nSPS) is 10.1. The molecule has 0 radical (unpaired) electrons. The second-order valence-corrected chi connectivity index (χ2v) is 3.10. The van der Waals surface area contributed by atoms with Crippen LogP contribution in [0.25, 0.3) is 11.0 Å². The van der Waals surface area contributed by atoms with Gasteiger partial charge in [0.15, 0.2) is 0 Å². The van der Waals surface area contributed by atoms with E-state index in [-0.39, 0.29) is 5.91 Å². The Kier molecular flexibility index (Phi) is 2.49. The molecule has 0 saturated heterocycles. The molecule has 2 aromatic rings. The minimum atomic E-state index is -0.139. The fourth-order valence-corrected chi connectivity index (χ4v) is 1.39. The number of pyridine rings is 1. The highest BCUT2D eigenvalue weighted by molar-refractivity contribution is 6.05. The summed E-state index contributed by atoms with van der Waals surface area (Å²) >= 11 is 0. The third-order valence-electron chi connectivity index (χ3n) is 2.09. The predicted molar refractivity (Wildman–Crippen MR) is 58.6 cm³/mol. The fourth-order valence-electron chi connectivity index (χ4n) is 1.39. The van der Waals surface area contributed by atoms with Gasteiger partial charge in [0.2, 0.25) is 0 Å². The lowest BCUT2D eigenvalue weighted by atomic mass is 10.2. The number of fused-ring (bicyclic) bond motifs is 1. The number of aromatic amines is 1. The van der Waals surface area contributed by atoms with Gasteiger partial charge in [0.1, 0.15) is 5.52 Å². The molecule has 0 spiro atoms. The Labute approximate surface area is 87.0 Å². The molecule has 0 aliphatic heterocycles. The van der Waals surface area contributed by atoms with Crippen molar-refractivity contribution in [1.29, 1.82) is 0 Å². The van der Waals surface area contributed by atoms with Gasteiger partial charge in [-0.15, -0.1) is 6.58 Å². The first-order chi connectivity index (χ1) is 7.33. The molecule has 15 heavy (non-hydrogen) atoms. The van der Waals surface area contributed by atoms with Crippen LogP contribution in [-0.2, 0) is 0 Å². The van der Waals surface area contributed by atoms with E-state index < -0.39 is 0 Å². The number of aromatic nitrogens is 2. The molecule has 76 valence electrons. The van der Waals surface area contributed by atoms with Gasteiger partial charge in [0.25, 0.3) is 5.91 Å². The molecule has 0 atom stereocenters. The lowest BCUT2D eigenvalue weighted by Crippen LogP contribution is -2.22. The lowest BCUT2D eigenvalue weighted by Gasteiger charge is -1.99. The van der Waals surface area contributed by atoms with Gasteiger partial charge in [0, 0.05) is 18.9 Å². The van der Waals surface area contributed by atoms with Crippen LogP contribution < -0.4 is 5.32 Å². The summed E-state index contributed by atoms with van der Waals surface area (Å²) in [6.45, 7) is 3.99. The second-order valence-electron chi connectivity index (χ2n) is 3.10. The van der Waals surface area contributed by atoms with Gasteiger partial charge in [-0.05, 0) is 12.1 Å². The molecule has 0 aromatic carbocycles. The van der Waals surface area contributed by atoms with Crippen LogP contribution in [0.1, 0.15) is 10.4 Å². The van der Waals surface area contributed by atoms with Crippen molar-refractivity contribution in [3.63, 3.8) is 0 Å². The van der Waals surface area contributed by atoms with Crippen LogP contribution >= 0.6 is 0 Å². The molecule has 1 amide bonds. The molecule has 2 N–H and O–H groups in total. The zero-order valence-corrected chi connectivity index (χ0v) is 8.16. The molecule has 0 aliphatic rings. The first kappa shape index (κ1) is 9.45. The second kappa shape index (κ2) is 3.96. The van der Waals surface area contributed by atoms with Crippen LogP contribution in [0.3, 0.4) is 0 Å². The Morgan fingerprint density at radius 3 is 3.33 bits per heavy atom. The average Bonchev–Trinajstić information content (AvgIpc) is 2.69. The summed E-state index contributed by atoms with van der Waals surface area (Å²) in [6, 6.07) is 3.71. The van der Waals surface area contributed by atoms with E-state index in [1.165, 1.54) is 0 Å². The number of carbonyl (C=O) groups is 1. The molecule has 2 heterocycles. The first-order valence-corrected chi connectivity index (χ1v) is 4.64.